The number of rotatable bonds is 5. The number of carboxylic acids is 1. The van der Waals surface area contributed by atoms with E-state index < -0.39 is 36.5 Å². The number of carbonyl (C=O) groups excluding carboxylic acids is 2. The lowest BCUT2D eigenvalue weighted by Crippen LogP contribution is -2.25. The highest BCUT2D eigenvalue weighted by Gasteiger charge is 2.23. The van der Waals surface area contributed by atoms with Gasteiger partial charge >= 0.3 is 17.9 Å². The predicted octanol–water partition coefficient (Wildman–Crippen LogP) is 1.11. The van der Waals surface area contributed by atoms with E-state index in [9.17, 15) is 14.4 Å². The highest BCUT2D eigenvalue weighted by Crippen LogP contribution is 2.15. The Kier molecular flexibility index (Phi) is 5.37. The minimum Gasteiger partial charge on any atom is -0.481 e. The van der Waals surface area contributed by atoms with Crippen LogP contribution < -0.4 is 0 Å². The van der Waals surface area contributed by atoms with Gasteiger partial charge in [-0.25, -0.2) is 4.79 Å². The minimum atomic E-state index is -1.18. The van der Waals surface area contributed by atoms with E-state index in [-0.39, 0.29) is 5.57 Å². The molecule has 0 saturated heterocycles. The van der Waals surface area contributed by atoms with Gasteiger partial charge in [0.1, 0.15) is 0 Å². The van der Waals surface area contributed by atoms with Gasteiger partial charge in [0, 0.05) is 5.57 Å². The topological polar surface area (TPSA) is 89.9 Å². The van der Waals surface area contributed by atoms with Crippen LogP contribution in [-0.2, 0) is 23.9 Å². The molecule has 1 N–H and O–H groups in total. The van der Waals surface area contributed by atoms with Crippen LogP contribution in [0.5, 0.6) is 0 Å². The van der Waals surface area contributed by atoms with Gasteiger partial charge < -0.3 is 14.6 Å². The second-order valence-corrected chi connectivity index (χ2v) is 4.41. The first-order valence-corrected chi connectivity index (χ1v) is 4.88. The van der Waals surface area contributed by atoms with Crippen LogP contribution in [-0.4, -0.2) is 29.8 Å². The van der Waals surface area contributed by atoms with Gasteiger partial charge in [-0.15, -0.1) is 0 Å². The number of ether oxygens (including phenoxy) is 2. The van der Waals surface area contributed by atoms with Crippen LogP contribution >= 0.6 is 0 Å². The normalized spacial score (nSPS) is 10.5. The molecule has 0 saturated carbocycles. The van der Waals surface area contributed by atoms with Gasteiger partial charge in [-0.05, 0) is 20.8 Å². The van der Waals surface area contributed by atoms with Crippen molar-refractivity contribution in [1.29, 1.82) is 0 Å². The predicted molar refractivity (Wildman–Crippen MR) is 57.9 cm³/mol. The summed E-state index contributed by atoms with van der Waals surface area (Å²) < 4.78 is 9.19. The van der Waals surface area contributed by atoms with E-state index in [2.05, 4.69) is 16.1 Å². The number of carboxylic acid groups (broad SMARTS) is 1. The molecule has 6 heteroatoms. The van der Waals surface area contributed by atoms with E-state index in [1.807, 2.05) is 0 Å². The molecule has 96 valence electrons. The maximum atomic E-state index is 11.3. The van der Waals surface area contributed by atoms with Crippen molar-refractivity contribution in [2.45, 2.75) is 27.2 Å². The van der Waals surface area contributed by atoms with Crippen molar-refractivity contribution in [3.05, 3.63) is 12.2 Å². The fraction of sp³-hybridized carbons (Fsp3) is 0.545. The molecule has 0 radical (unpaired) electrons. The summed E-state index contributed by atoms with van der Waals surface area (Å²) in [7, 11) is 0. The Morgan fingerprint density at radius 3 is 2.12 bits per heavy atom. The molecule has 0 fully saturated rings. The molecule has 0 aliphatic rings. The highest BCUT2D eigenvalue weighted by molar-refractivity contribution is 5.92. The number of esters is 2. The molecular weight excluding hydrogens is 228 g/mol. The number of aliphatic carboxylic acids is 1. The Morgan fingerprint density at radius 1 is 1.18 bits per heavy atom. The summed E-state index contributed by atoms with van der Waals surface area (Å²) in [5.41, 5.74) is -0.894. The smallest absolute Gasteiger partial charge is 0.336 e. The molecule has 0 aliphatic heterocycles. The number of carbonyl (C=O) groups is 3. The molecule has 0 aromatic rings. The average molecular weight is 244 g/mol. The molecule has 6 nitrogen and oxygen atoms in total. The van der Waals surface area contributed by atoms with E-state index in [1.165, 1.54) is 0 Å². The molecule has 0 aliphatic carbocycles. The second-order valence-electron chi connectivity index (χ2n) is 4.41. The Balaban J connectivity index is 3.98. The largest absolute Gasteiger partial charge is 0.481 e. The van der Waals surface area contributed by atoms with Crippen LogP contribution in [0, 0.1) is 5.41 Å². The first kappa shape index (κ1) is 15.2. The van der Waals surface area contributed by atoms with Crippen molar-refractivity contribution in [3.63, 3.8) is 0 Å². The van der Waals surface area contributed by atoms with Crippen LogP contribution in [0.2, 0.25) is 0 Å². The summed E-state index contributed by atoms with van der Waals surface area (Å²) in [5.74, 6) is -2.60. The molecule has 0 bridgehead atoms. The molecule has 0 rings (SSSR count). The van der Waals surface area contributed by atoms with Crippen molar-refractivity contribution >= 4 is 17.9 Å². The van der Waals surface area contributed by atoms with Gasteiger partial charge in [-0.3, -0.25) is 9.59 Å². The van der Waals surface area contributed by atoms with Crippen LogP contribution in [0.3, 0.4) is 0 Å². The van der Waals surface area contributed by atoms with E-state index in [0.717, 1.165) is 0 Å². The number of hydrogen-bond donors (Lipinski definition) is 1. The summed E-state index contributed by atoms with van der Waals surface area (Å²) in [6, 6.07) is 0. The van der Waals surface area contributed by atoms with Gasteiger partial charge in [-0.2, -0.15) is 0 Å². The third kappa shape index (κ3) is 6.34. The van der Waals surface area contributed by atoms with Gasteiger partial charge in [0.25, 0.3) is 0 Å². The van der Waals surface area contributed by atoms with E-state index in [0.29, 0.717) is 0 Å². The summed E-state index contributed by atoms with van der Waals surface area (Å²) in [4.78, 5) is 32.7. The first-order valence-electron chi connectivity index (χ1n) is 4.88. The minimum absolute atomic E-state index is 0.204. The fourth-order valence-corrected chi connectivity index (χ4v) is 0.710. The third-order valence-corrected chi connectivity index (χ3v) is 1.65. The second kappa shape index (κ2) is 6.03. The first-order chi connectivity index (χ1) is 7.64. The monoisotopic (exact) mass is 244 g/mol. The van der Waals surface area contributed by atoms with Crippen molar-refractivity contribution in [3.8, 4) is 0 Å². The maximum Gasteiger partial charge on any atom is 0.336 e. The summed E-state index contributed by atoms with van der Waals surface area (Å²) in [5, 5.41) is 8.40. The summed E-state index contributed by atoms with van der Waals surface area (Å²) in [6.07, 6.45) is -0.508. The molecule has 0 heterocycles. The van der Waals surface area contributed by atoms with Crippen LogP contribution in [0.4, 0.5) is 0 Å². The van der Waals surface area contributed by atoms with Crippen molar-refractivity contribution in [2.24, 2.45) is 5.41 Å². The van der Waals surface area contributed by atoms with Gasteiger partial charge in [-0.1, -0.05) is 6.58 Å². The third-order valence-electron chi connectivity index (χ3n) is 1.65. The molecule has 0 spiro atoms. The molecule has 0 aromatic carbocycles. The van der Waals surface area contributed by atoms with Crippen molar-refractivity contribution in [1.82, 2.24) is 0 Å². The summed E-state index contributed by atoms with van der Waals surface area (Å²) >= 11 is 0. The zero-order valence-electron chi connectivity index (χ0n) is 10.1. The number of hydrogen-bond acceptors (Lipinski definition) is 5. The molecule has 0 atom stereocenters. The van der Waals surface area contributed by atoms with E-state index >= 15 is 0 Å². The highest BCUT2D eigenvalue weighted by atomic mass is 16.7. The van der Waals surface area contributed by atoms with Crippen LogP contribution in [0.15, 0.2) is 12.2 Å². The standard InChI is InChI=1S/C11H16O6/c1-7(5-8(12)13)9(14)16-6-17-10(15)11(2,3)4/h1,5-6H2,2-4H3,(H,12,13). The Hall–Kier alpha value is -1.85. The molecule has 0 unspecified atom stereocenters. The fourth-order valence-electron chi connectivity index (χ4n) is 0.710. The zero-order chi connectivity index (χ0) is 13.6. The molecule has 0 aromatic heterocycles. The van der Waals surface area contributed by atoms with E-state index in [1.54, 1.807) is 20.8 Å². The lowest BCUT2D eigenvalue weighted by Gasteiger charge is -2.16. The van der Waals surface area contributed by atoms with Crippen molar-refractivity contribution < 1.29 is 29.0 Å². The average Bonchev–Trinajstić information content (AvgIpc) is 2.14. The molecule has 0 amide bonds. The SMILES string of the molecule is C=C(CC(=O)O)C(=O)OCOC(=O)C(C)(C)C. The lowest BCUT2D eigenvalue weighted by molar-refractivity contribution is -0.171. The summed E-state index contributed by atoms with van der Waals surface area (Å²) in [6.45, 7) is 7.66. The van der Waals surface area contributed by atoms with Gasteiger partial charge in [0.2, 0.25) is 6.79 Å². The van der Waals surface area contributed by atoms with Crippen LogP contribution in [0.25, 0.3) is 0 Å². The molecule has 17 heavy (non-hydrogen) atoms. The Bertz CT molecular complexity index is 336. The molecular formula is C11H16O6. The Morgan fingerprint density at radius 2 is 1.71 bits per heavy atom. The van der Waals surface area contributed by atoms with Crippen LogP contribution in [0.1, 0.15) is 27.2 Å². The maximum absolute atomic E-state index is 11.3. The Labute approximate surface area is 99.2 Å². The zero-order valence-corrected chi connectivity index (χ0v) is 10.1. The van der Waals surface area contributed by atoms with Gasteiger partial charge in [0.15, 0.2) is 0 Å². The van der Waals surface area contributed by atoms with Crippen molar-refractivity contribution in [2.75, 3.05) is 6.79 Å². The quantitative estimate of drug-likeness (QED) is 0.442. The van der Waals surface area contributed by atoms with Gasteiger partial charge in [0.05, 0.1) is 11.8 Å². The lowest BCUT2D eigenvalue weighted by atomic mass is 9.98. The van der Waals surface area contributed by atoms with E-state index in [4.69, 9.17) is 5.11 Å².